The quantitative estimate of drug-likeness (QED) is 0.522. The fraction of sp³-hybridized carbons (Fsp3) is 0.429. The van der Waals surface area contributed by atoms with Crippen molar-refractivity contribution in [2.24, 2.45) is 0 Å². The summed E-state index contributed by atoms with van der Waals surface area (Å²) in [4.78, 5) is 0. The minimum absolute atomic E-state index is 0.623. The molecule has 0 spiro atoms. The molecule has 1 rings (SSSR count). The average Bonchev–Trinajstić information content (AvgIpc) is 2.12. The molecule has 0 heterocycles. The lowest BCUT2D eigenvalue weighted by Crippen LogP contribution is -2.13. The minimum atomic E-state index is -1.30. The van der Waals surface area contributed by atoms with Crippen LogP contribution in [0.4, 0.5) is 0 Å². The highest BCUT2D eigenvalue weighted by atomic mass is 16.4. The molecule has 2 nitrogen and oxygen atoms in total. The third-order valence-electron chi connectivity index (χ3n) is 1.56. The van der Waals surface area contributed by atoms with E-state index >= 15 is 0 Å². The predicted octanol–water partition coefficient (Wildman–Crippen LogP) is 0.665. The van der Waals surface area contributed by atoms with Crippen molar-refractivity contribution >= 4 is 7.12 Å². The third-order valence-corrected chi connectivity index (χ3v) is 1.56. The second-order valence-corrected chi connectivity index (χ2v) is 2.41. The van der Waals surface area contributed by atoms with E-state index < -0.39 is 7.12 Å². The Hall–Kier alpha value is -0.535. The van der Waals surface area contributed by atoms with Gasteiger partial charge in [0.05, 0.1) is 0 Å². The van der Waals surface area contributed by atoms with Gasteiger partial charge in [0.2, 0.25) is 0 Å². The van der Waals surface area contributed by atoms with Crippen molar-refractivity contribution in [3.63, 3.8) is 0 Å². The topological polar surface area (TPSA) is 40.5 Å². The smallest absolute Gasteiger partial charge is 0.423 e. The van der Waals surface area contributed by atoms with Crippen molar-refractivity contribution in [3.05, 3.63) is 23.7 Å². The molecule has 1 aliphatic carbocycles. The van der Waals surface area contributed by atoms with Gasteiger partial charge in [0, 0.05) is 0 Å². The van der Waals surface area contributed by atoms with Crippen LogP contribution in [0.5, 0.6) is 0 Å². The first-order valence-corrected chi connectivity index (χ1v) is 3.53. The highest BCUT2D eigenvalue weighted by Gasteiger charge is 2.11. The van der Waals surface area contributed by atoms with E-state index in [2.05, 4.69) is 0 Å². The number of rotatable bonds is 1. The Bertz CT molecular complexity index is 161. The fourth-order valence-corrected chi connectivity index (χ4v) is 0.983. The predicted molar refractivity (Wildman–Crippen MR) is 41.3 cm³/mol. The zero-order chi connectivity index (χ0) is 7.40. The van der Waals surface area contributed by atoms with Crippen molar-refractivity contribution < 1.29 is 10.0 Å². The van der Waals surface area contributed by atoms with E-state index in [9.17, 15) is 0 Å². The second-order valence-electron chi connectivity index (χ2n) is 2.41. The van der Waals surface area contributed by atoms with Gasteiger partial charge in [-0.1, -0.05) is 18.2 Å². The molecule has 0 saturated heterocycles. The molecule has 3 heteroatoms. The summed E-state index contributed by atoms with van der Waals surface area (Å²) >= 11 is 0. The molecule has 0 unspecified atom stereocenters. The van der Waals surface area contributed by atoms with Crippen molar-refractivity contribution in [1.29, 1.82) is 0 Å². The van der Waals surface area contributed by atoms with Gasteiger partial charge in [-0.15, -0.1) is 0 Å². The SMILES string of the molecule is OB(O)C1=CCCCC=C1. The van der Waals surface area contributed by atoms with Crippen LogP contribution >= 0.6 is 0 Å². The Balaban J connectivity index is 2.61. The zero-order valence-electron chi connectivity index (χ0n) is 5.83. The van der Waals surface area contributed by atoms with Gasteiger partial charge in [0.25, 0.3) is 0 Å². The van der Waals surface area contributed by atoms with Gasteiger partial charge in [0.15, 0.2) is 0 Å². The summed E-state index contributed by atoms with van der Waals surface area (Å²) in [5.74, 6) is 0. The first-order chi connectivity index (χ1) is 4.80. The molecule has 10 heavy (non-hydrogen) atoms. The number of hydrogen-bond donors (Lipinski definition) is 2. The fourth-order valence-electron chi connectivity index (χ4n) is 0.983. The monoisotopic (exact) mass is 138 g/mol. The van der Waals surface area contributed by atoms with Gasteiger partial charge in [0.1, 0.15) is 0 Å². The average molecular weight is 138 g/mol. The lowest BCUT2D eigenvalue weighted by Gasteiger charge is -1.95. The number of hydrogen-bond acceptors (Lipinski definition) is 2. The van der Waals surface area contributed by atoms with E-state index in [1.807, 2.05) is 12.2 Å². The summed E-state index contributed by atoms with van der Waals surface area (Å²) in [5.41, 5.74) is 0.623. The summed E-state index contributed by atoms with van der Waals surface area (Å²) < 4.78 is 0. The van der Waals surface area contributed by atoms with Crippen LogP contribution in [-0.2, 0) is 0 Å². The Morgan fingerprint density at radius 2 is 2.10 bits per heavy atom. The normalized spacial score (nSPS) is 18.0. The molecule has 1 aliphatic rings. The highest BCUT2D eigenvalue weighted by Crippen LogP contribution is 2.10. The highest BCUT2D eigenvalue weighted by molar-refractivity contribution is 6.51. The van der Waals surface area contributed by atoms with Crippen LogP contribution in [0.15, 0.2) is 23.7 Å². The second kappa shape index (κ2) is 3.59. The van der Waals surface area contributed by atoms with Gasteiger partial charge in [-0.05, 0) is 24.7 Å². The van der Waals surface area contributed by atoms with Crippen LogP contribution < -0.4 is 0 Å². The Kier molecular flexibility index (Phi) is 2.72. The summed E-state index contributed by atoms with van der Waals surface area (Å²) in [6.07, 6.45) is 8.70. The van der Waals surface area contributed by atoms with Crippen molar-refractivity contribution in [2.45, 2.75) is 19.3 Å². The molecule has 0 aromatic heterocycles. The van der Waals surface area contributed by atoms with Crippen LogP contribution in [0, 0.1) is 0 Å². The molecule has 0 aliphatic heterocycles. The molecule has 0 amide bonds. The van der Waals surface area contributed by atoms with Gasteiger partial charge in [-0.2, -0.15) is 0 Å². The molecular weight excluding hydrogens is 127 g/mol. The lowest BCUT2D eigenvalue weighted by molar-refractivity contribution is 0.420. The van der Waals surface area contributed by atoms with Crippen LogP contribution in [0.3, 0.4) is 0 Å². The van der Waals surface area contributed by atoms with Gasteiger partial charge in [-0.3, -0.25) is 0 Å². The molecule has 0 bridgehead atoms. The molecule has 0 aromatic carbocycles. The standard InChI is InChI=1S/C7H11BO2/c9-8(10)7-5-3-1-2-4-6-7/h3,5-6,9-10H,1-2,4H2. The van der Waals surface area contributed by atoms with E-state index in [4.69, 9.17) is 10.0 Å². The maximum Gasteiger partial charge on any atom is 0.488 e. The summed E-state index contributed by atoms with van der Waals surface area (Å²) in [6.45, 7) is 0. The van der Waals surface area contributed by atoms with E-state index in [0.717, 1.165) is 19.3 Å². The summed E-state index contributed by atoms with van der Waals surface area (Å²) in [7, 11) is -1.30. The molecule has 0 aromatic rings. The first kappa shape index (κ1) is 7.57. The van der Waals surface area contributed by atoms with E-state index in [1.54, 1.807) is 6.08 Å². The lowest BCUT2D eigenvalue weighted by atomic mass is 9.79. The summed E-state index contributed by atoms with van der Waals surface area (Å²) in [5, 5.41) is 17.5. The first-order valence-electron chi connectivity index (χ1n) is 3.53. The van der Waals surface area contributed by atoms with Crippen molar-refractivity contribution in [3.8, 4) is 0 Å². The van der Waals surface area contributed by atoms with Crippen LogP contribution in [-0.4, -0.2) is 17.2 Å². The van der Waals surface area contributed by atoms with E-state index in [-0.39, 0.29) is 0 Å². The van der Waals surface area contributed by atoms with Crippen molar-refractivity contribution in [2.75, 3.05) is 0 Å². The Morgan fingerprint density at radius 3 is 2.80 bits per heavy atom. The molecular formula is C7H11BO2. The molecule has 0 radical (unpaired) electrons. The largest absolute Gasteiger partial charge is 0.488 e. The van der Waals surface area contributed by atoms with Crippen LogP contribution in [0.25, 0.3) is 0 Å². The van der Waals surface area contributed by atoms with Gasteiger partial charge < -0.3 is 10.0 Å². The molecule has 54 valence electrons. The molecule has 2 N–H and O–H groups in total. The zero-order valence-corrected chi connectivity index (χ0v) is 5.83. The third kappa shape index (κ3) is 2.01. The van der Waals surface area contributed by atoms with Crippen molar-refractivity contribution in [1.82, 2.24) is 0 Å². The molecule has 0 fully saturated rings. The Morgan fingerprint density at radius 1 is 1.30 bits per heavy atom. The summed E-state index contributed by atoms with van der Waals surface area (Å²) in [6, 6.07) is 0. The maximum atomic E-state index is 8.74. The Labute approximate surface area is 61.0 Å². The van der Waals surface area contributed by atoms with Gasteiger partial charge in [-0.25, -0.2) is 0 Å². The van der Waals surface area contributed by atoms with Crippen LogP contribution in [0.1, 0.15) is 19.3 Å². The molecule has 0 saturated carbocycles. The maximum absolute atomic E-state index is 8.74. The molecule has 0 atom stereocenters. The van der Waals surface area contributed by atoms with E-state index in [0.29, 0.717) is 5.47 Å². The minimum Gasteiger partial charge on any atom is -0.423 e. The van der Waals surface area contributed by atoms with Crippen LogP contribution in [0.2, 0.25) is 0 Å². The van der Waals surface area contributed by atoms with Gasteiger partial charge >= 0.3 is 7.12 Å². The number of allylic oxidation sites excluding steroid dienone is 4. The van der Waals surface area contributed by atoms with E-state index in [1.165, 1.54) is 0 Å².